The van der Waals surface area contributed by atoms with E-state index in [9.17, 15) is 10.0 Å². The van der Waals surface area contributed by atoms with Crippen LogP contribution >= 0.6 is 27.7 Å². The van der Waals surface area contributed by atoms with Crippen LogP contribution in [0.15, 0.2) is 57.9 Å². The zero-order valence-corrected chi connectivity index (χ0v) is 26.5. The number of methoxy groups -OCH3 is 4. The van der Waals surface area contributed by atoms with Gasteiger partial charge in [0, 0.05) is 22.2 Å². The summed E-state index contributed by atoms with van der Waals surface area (Å²) < 4.78 is 35.8. The van der Waals surface area contributed by atoms with Gasteiger partial charge in [-0.3, -0.25) is 5.21 Å². The van der Waals surface area contributed by atoms with E-state index in [-0.39, 0.29) is 12.2 Å². The van der Waals surface area contributed by atoms with E-state index < -0.39 is 6.03 Å². The van der Waals surface area contributed by atoms with Gasteiger partial charge < -0.3 is 33.7 Å². The predicted molar refractivity (Wildman–Crippen MR) is 164 cm³/mol. The SMILES string of the molecule is COc1cc(C2CCC(c3cc(OC)c(OC)c(OC)c3)O2)cc(NC(=O)N(C)O)c1OCCSc1ccccc1Br. The molecule has 12 heteroatoms. The minimum Gasteiger partial charge on any atom is -0.493 e. The number of carbonyl (C=O) groups is 1. The highest BCUT2D eigenvalue weighted by Crippen LogP contribution is 2.48. The summed E-state index contributed by atoms with van der Waals surface area (Å²) in [5.74, 6) is 3.08. The summed E-state index contributed by atoms with van der Waals surface area (Å²) in [5, 5.41) is 12.9. The van der Waals surface area contributed by atoms with Gasteiger partial charge in [0.15, 0.2) is 23.0 Å². The fraction of sp³-hybridized carbons (Fsp3) is 0.367. The minimum absolute atomic E-state index is 0.221. The van der Waals surface area contributed by atoms with Crippen molar-refractivity contribution in [1.82, 2.24) is 5.06 Å². The molecule has 0 aliphatic carbocycles. The number of halogens is 1. The van der Waals surface area contributed by atoms with Crippen LogP contribution in [-0.4, -0.2) is 64.1 Å². The molecule has 1 fully saturated rings. The summed E-state index contributed by atoms with van der Waals surface area (Å²) >= 11 is 5.20. The van der Waals surface area contributed by atoms with E-state index in [1.54, 1.807) is 46.3 Å². The van der Waals surface area contributed by atoms with Gasteiger partial charge in [-0.15, -0.1) is 11.8 Å². The molecule has 10 nitrogen and oxygen atoms in total. The highest BCUT2D eigenvalue weighted by molar-refractivity contribution is 9.10. The number of rotatable bonds is 12. The Balaban J connectivity index is 1.56. The molecule has 3 aromatic carbocycles. The molecule has 226 valence electrons. The van der Waals surface area contributed by atoms with Gasteiger partial charge >= 0.3 is 6.03 Å². The Morgan fingerprint density at radius 3 is 2.07 bits per heavy atom. The van der Waals surface area contributed by atoms with Crippen molar-refractivity contribution in [2.75, 3.05) is 53.2 Å². The summed E-state index contributed by atoms with van der Waals surface area (Å²) in [7, 11) is 7.50. The number of nitrogens with one attached hydrogen (secondary N) is 1. The van der Waals surface area contributed by atoms with E-state index in [0.29, 0.717) is 51.9 Å². The molecule has 0 spiro atoms. The number of amides is 2. The van der Waals surface area contributed by atoms with Gasteiger partial charge in [-0.2, -0.15) is 0 Å². The maximum Gasteiger partial charge on any atom is 0.345 e. The van der Waals surface area contributed by atoms with Crippen molar-refractivity contribution in [3.05, 3.63) is 64.1 Å². The predicted octanol–water partition coefficient (Wildman–Crippen LogP) is 7.10. The van der Waals surface area contributed by atoms with Crippen LogP contribution in [0.5, 0.6) is 28.7 Å². The summed E-state index contributed by atoms with van der Waals surface area (Å²) in [4.78, 5) is 13.5. The number of hydrogen-bond acceptors (Lipinski definition) is 9. The van der Waals surface area contributed by atoms with Gasteiger partial charge in [0.05, 0.1) is 52.9 Å². The lowest BCUT2D eigenvalue weighted by atomic mass is 10.0. The van der Waals surface area contributed by atoms with Gasteiger partial charge in [0.1, 0.15) is 0 Å². The molecule has 0 radical (unpaired) electrons. The molecule has 0 aromatic heterocycles. The van der Waals surface area contributed by atoms with Crippen LogP contribution in [0.4, 0.5) is 10.5 Å². The second-order valence-corrected chi connectivity index (χ2v) is 11.3. The van der Waals surface area contributed by atoms with Crippen LogP contribution in [-0.2, 0) is 4.74 Å². The minimum atomic E-state index is -0.718. The topological polar surface area (TPSA) is 108 Å². The first-order valence-electron chi connectivity index (χ1n) is 13.2. The fourth-order valence-electron chi connectivity index (χ4n) is 4.67. The maximum atomic E-state index is 12.5. The first-order valence-corrected chi connectivity index (χ1v) is 15.0. The number of nitrogens with zero attached hydrogens (tertiary/aromatic N) is 1. The van der Waals surface area contributed by atoms with Crippen molar-refractivity contribution < 1.29 is 38.4 Å². The number of urea groups is 1. The fourth-order valence-corrected chi connectivity index (χ4v) is 6.07. The largest absolute Gasteiger partial charge is 0.493 e. The average Bonchev–Trinajstić information content (AvgIpc) is 3.50. The van der Waals surface area contributed by atoms with E-state index in [2.05, 4.69) is 21.2 Å². The third-order valence-electron chi connectivity index (χ3n) is 6.71. The number of anilines is 1. The molecular formula is C30H35BrN2O8S. The lowest BCUT2D eigenvalue weighted by Gasteiger charge is -2.21. The molecule has 2 N–H and O–H groups in total. The number of hydrogen-bond donors (Lipinski definition) is 2. The van der Waals surface area contributed by atoms with E-state index in [1.165, 1.54) is 7.05 Å². The number of thioether (sulfide) groups is 1. The Morgan fingerprint density at radius 1 is 0.952 bits per heavy atom. The molecule has 3 aromatic rings. The van der Waals surface area contributed by atoms with Crippen molar-refractivity contribution in [2.24, 2.45) is 0 Å². The third kappa shape index (κ3) is 7.35. The molecule has 1 saturated heterocycles. The molecular weight excluding hydrogens is 628 g/mol. The van der Waals surface area contributed by atoms with Crippen molar-refractivity contribution in [1.29, 1.82) is 0 Å². The van der Waals surface area contributed by atoms with Gasteiger partial charge in [-0.05, 0) is 76.3 Å². The van der Waals surface area contributed by atoms with Crippen molar-refractivity contribution in [2.45, 2.75) is 29.9 Å². The number of benzene rings is 3. The Morgan fingerprint density at radius 2 is 1.52 bits per heavy atom. The zero-order chi connectivity index (χ0) is 30.2. The van der Waals surface area contributed by atoms with E-state index in [0.717, 1.165) is 33.3 Å². The zero-order valence-electron chi connectivity index (χ0n) is 24.1. The Labute approximate surface area is 258 Å². The van der Waals surface area contributed by atoms with E-state index in [4.69, 9.17) is 28.4 Å². The molecule has 1 aliphatic heterocycles. The van der Waals surface area contributed by atoms with Crippen LogP contribution in [0, 0.1) is 0 Å². The second kappa shape index (κ2) is 14.7. The Hall–Kier alpha value is -3.32. The van der Waals surface area contributed by atoms with Crippen molar-refractivity contribution in [3.8, 4) is 28.7 Å². The van der Waals surface area contributed by atoms with Gasteiger partial charge in [0.25, 0.3) is 0 Å². The van der Waals surface area contributed by atoms with Crippen LogP contribution in [0.3, 0.4) is 0 Å². The van der Waals surface area contributed by atoms with Gasteiger partial charge in [-0.1, -0.05) is 12.1 Å². The van der Waals surface area contributed by atoms with Crippen molar-refractivity contribution in [3.63, 3.8) is 0 Å². The smallest absolute Gasteiger partial charge is 0.345 e. The summed E-state index contributed by atoms with van der Waals surface area (Å²) in [6.07, 6.45) is 0.963. The molecule has 0 saturated carbocycles. The maximum absolute atomic E-state index is 12.5. The highest BCUT2D eigenvalue weighted by Gasteiger charge is 2.31. The second-order valence-electron chi connectivity index (χ2n) is 9.33. The average molecular weight is 664 g/mol. The van der Waals surface area contributed by atoms with E-state index in [1.807, 2.05) is 42.5 Å². The molecule has 1 heterocycles. The molecule has 2 unspecified atom stereocenters. The summed E-state index contributed by atoms with van der Waals surface area (Å²) in [5.41, 5.74) is 2.06. The normalized spacial score (nSPS) is 16.1. The molecule has 4 rings (SSSR count). The van der Waals surface area contributed by atoms with Gasteiger partial charge in [-0.25, -0.2) is 9.86 Å². The first-order chi connectivity index (χ1) is 20.3. The van der Waals surface area contributed by atoms with Crippen LogP contribution in [0.25, 0.3) is 0 Å². The lowest BCUT2D eigenvalue weighted by Crippen LogP contribution is -2.28. The van der Waals surface area contributed by atoms with Gasteiger partial charge in [0.2, 0.25) is 5.75 Å². The number of carbonyl (C=O) groups excluding carboxylic acids is 1. The highest BCUT2D eigenvalue weighted by atomic mass is 79.9. The first kappa shape index (κ1) is 31.6. The molecule has 2 atom stereocenters. The van der Waals surface area contributed by atoms with E-state index >= 15 is 0 Å². The Kier molecular flexibility index (Phi) is 11.1. The quantitative estimate of drug-likeness (QED) is 0.0908. The summed E-state index contributed by atoms with van der Waals surface area (Å²) in [6, 6.07) is 14.7. The van der Waals surface area contributed by atoms with Crippen LogP contribution in [0.2, 0.25) is 0 Å². The van der Waals surface area contributed by atoms with Crippen molar-refractivity contribution >= 4 is 39.4 Å². The molecule has 1 aliphatic rings. The number of ether oxygens (including phenoxy) is 6. The molecule has 0 bridgehead atoms. The standard InChI is InChI=1S/C30H35BrN2O8S/c1-33(35)30(34)32-21-14-18(15-24(36-2)28(21)40-12-13-42-27-9-7-6-8-20(27)31)22-10-11-23(41-22)19-16-25(37-3)29(39-5)26(17-19)38-4/h6-9,14-17,22-23,35H,10-13H2,1-5H3,(H,32,34). The van der Waals surface area contributed by atoms with Crippen LogP contribution in [0.1, 0.15) is 36.2 Å². The summed E-state index contributed by atoms with van der Waals surface area (Å²) in [6.45, 7) is 0.350. The number of hydroxylamine groups is 2. The lowest BCUT2D eigenvalue weighted by molar-refractivity contribution is -0.0118. The monoisotopic (exact) mass is 662 g/mol. The molecule has 2 amide bonds. The van der Waals surface area contributed by atoms with Crippen LogP contribution < -0.4 is 29.0 Å². The molecule has 42 heavy (non-hydrogen) atoms. The third-order valence-corrected chi connectivity index (χ3v) is 8.70. The Bertz CT molecular complexity index is 1360.